The number of hydrogen-bond donors (Lipinski definition) is 0. The Morgan fingerprint density at radius 1 is 0.769 bits per heavy atom. The van der Waals surface area contributed by atoms with Gasteiger partial charge in [0.05, 0.1) is 29.4 Å². The second kappa shape index (κ2) is 15.5. The predicted molar refractivity (Wildman–Crippen MR) is 149 cm³/mol. The molecule has 39 heavy (non-hydrogen) atoms. The van der Waals surface area contributed by atoms with Crippen molar-refractivity contribution >= 4 is 26.2 Å². The lowest BCUT2D eigenvalue weighted by atomic mass is 9.83. The number of halogens is 1. The summed E-state index contributed by atoms with van der Waals surface area (Å²) >= 11 is 0. The largest absolute Gasteiger partial charge is 0.698 e. The van der Waals surface area contributed by atoms with Crippen LogP contribution in [-0.2, 0) is 32.4 Å². The van der Waals surface area contributed by atoms with Crippen molar-refractivity contribution < 1.29 is 36.8 Å². The lowest BCUT2D eigenvalue weighted by molar-refractivity contribution is -0.113. The Bertz CT molecular complexity index is 1000. The van der Waals surface area contributed by atoms with Gasteiger partial charge < -0.3 is 18.0 Å². The first-order valence-electron chi connectivity index (χ1n) is 13.4. The Kier molecular flexibility index (Phi) is 12.8. The van der Waals surface area contributed by atoms with Crippen molar-refractivity contribution in [2.45, 2.75) is 91.7 Å². The maximum Gasteiger partial charge on any atom is 0.698 e. The van der Waals surface area contributed by atoms with Crippen LogP contribution in [0.2, 0.25) is 6.04 Å². The fraction of sp³-hybridized carbons (Fsp3) is 0.500. The minimum absolute atomic E-state index is 0.124. The molecule has 0 saturated heterocycles. The van der Waals surface area contributed by atoms with E-state index in [2.05, 4.69) is 0 Å². The van der Waals surface area contributed by atoms with E-state index in [1.807, 2.05) is 12.1 Å². The van der Waals surface area contributed by atoms with Crippen molar-refractivity contribution in [3.8, 4) is 0 Å². The molecule has 1 fully saturated rings. The molecule has 0 atom stereocenters. The summed E-state index contributed by atoms with van der Waals surface area (Å²) in [4.78, 5) is 35.0. The van der Waals surface area contributed by atoms with Gasteiger partial charge in [0.25, 0.3) is 0 Å². The van der Waals surface area contributed by atoms with Gasteiger partial charge in [0.15, 0.2) is 17.3 Å². The number of allylic oxidation sites excluding steroid dienone is 6. The standard InChI is InChI=1S/C30H41FO7Si/c1-21(32)18-24(4)36-39(37-25(5)19-22(2)33,38-26(6)20-23(3)34)17-7-16-35-30-14-10-28(11-15-30)27-8-12-29(31)13-9-27/h8-9,12-13,18-20,28,30H,7,10-11,14-17H2,1-6H3/b24-18+,25-19?,26-20?. The van der Waals surface area contributed by atoms with Crippen LogP contribution in [0.15, 0.2) is 59.8 Å². The van der Waals surface area contributed by atoms with Crippen molar-refractivity contribution in [1.29, 1.82) is 0 Å². The third-order valence-corrected chi connectivity index (χ3v) is 9.03. The fourth-order valence-electron chi connectivity index (χ4n) is 4.74. The molecule has 2 rings (SSSR count). The first kappa shape index (κ1) is 32.2. The Hall–Kier alpha value is -3.04. The van der Waals surface area contributed by atoms with E-state index in [0.29, 0.717) is 42.3 Å². The summed E-state index contributed by atoms with van der Waals surface area (Å²) in [5, 5.41) is 0. The van der Waals surface area contributed by atoms with Crippen LogP contribution in [0.3, 0.4) is 0 Å². The second-order valence-electron chi connectivity index (χ2n) is 10.1. The molecule has 214 valence electrons. The van der Waals surface area contributed by atoms with E-state index in [9.17, 15) is 18.8 Å². The van der Waals surface area contributed by atoms with E-state index in [0.717, 1.165) is 31.2 Å². The highest BCUT2D eigenvalue weighted by atomic mass is 28.4. The summed E-state index contributed by atoms with van der Waals surface area (Å²) < 4.78 is 37.9. The quantitative estimate of drug-likeness (QED) is 0.102. The normalized spacial score (nSPS) is 20.1. The van der Waals surface area contributed by atoms with Crippen LogP contribution < -0.4 is 0 Å². The van der Waals surface area contributed by atoms with Gasteiger partial charge in [-0.1, -0.05) is 12.1 Å². The first-order chi connectivity index (χ1) is 18.4. The molecule has 1 aromatic carbocycles. The van der Waals surface area contributed by atoms with Crippen LogP contribution in [0.4, 0.5) is 4.39 Å². The van der Waals surface area contributed by atoms with Gasteiger partial charge in [-0.25, -0.2) is 4.39 Å². The van der Waals surface area contributed by atoms with Gasteiger partial charge >= 0.3 is 8.80 Å². The number of ether oxygens (including phenoxy) is 1. The Labute approximate surface area is 232 Å². The molecule has 9 heteroatoms. The maximum absolute atomic E-state index is 13.3. The van der Waals surface area contributed by atoms with Crippen LogP contribution in [0.25, 0.3) is 0 Å². The Balaban J connectivity index is 2.09. The molecule has 0 spiro atoms. The van der Waals surface area contributed by atoms with Crippen molar-refractivity contribution in [2.75, 3.05) is 6.61 Å². The average Bonchev–Trinajstić information content (AvgIpc) is 2.81. The molecular formula is C30H41FO7Si. The Morgan fingerprint density at radius 2 is 1.21 bits per heavy atom. The number of rotatable bonds is 15. The highest BCUT2D eigenvalue weighted by Gasteiger charge is 2.49. The van der Waals surface area contributed by atoms with E-state index in [-0.39, 0.29) is 29.3 Å². The topological polar surface area (TPSA) is 88.1 Å². The van der Waals surface area contributed by atoms with Crippen molar-refractivity contribution in [3.05, 3.63) is 71.2 Å². The molecule has 0 unspecified atom stereocenters. The van der Waals surface area contributed by atoms with E-state index in [1.54, 1.807) is 20.8 Å². The summed E-state index contributed by atoms with van der Waals surface area (Å²) in [6, 6.07) is 7.06. The zero-order chi connectivity index (χ0) is 29.0. The minimum Gasteiger partial charge on any atom is -0.487 e. The second-order valence-corrected chi connectivity index (χ2v) is 12.6. The molecule has 1 aliphatic carbocycles. The lowest BCUT2D eigenvalue weighted by Crippen LogP contribution is -2.45. The van der Waals surface area contributed by atoms with Gasteiger partial charge in [-0.05, 0) is 97.3 Å². The van der Waals surface area contributed by atoms with Gasteiger partial charge in [-0.3, -0.25) is 14.4 Å². The third kappa shape index (κ3) is 12.1. The zero-order valence-electron chi connectivity index (χ0n) is 23.9. The van der Waals surface area contributed by atoms with Gasteiger partial charge in [0.1, 0.15) is 5.82 Å². The maximum atomic E-state index is 13.3. The monoisotopic (exact) mass is 560 g/mol. The molecule has 0 aromatic heterocycles. The molecule has 0 N–H and O–H groups in total. The van der Waals surface area contributed by atoms with Crippen LogP contribution in [-0.4, -0.2) is 38.9 Å². The van der Waals surface area contributed by atoms with Crippen LogP contribution in [0.5, 0.6) is 0 Å². The molecule has 1 aliphatic rings. The molecule has 1 aromatic rings. The highest BCUT2D eigenvalue weighted by molar-refractivity contribution is 6.61. The molecule has 0 amide bonds. The summed E-state index contributed by atoms with van der Waals surface area (Å²) in [5.41, 5.74) is 1.16. The SMILES string of the molecule is CC(=O)C=C(C)O[Si](CCCOC1CCC(c2ccc(F)cc2)CC1)(OC(C)=CC(C)=O)O/C(C)=C/C(C)=O. The third-order valence-electron chi connectivity index (χ3n) is 6.17. The van der Waals surface area contributed by atoms with E-state index in [1.165, 1.54) is 51.1 Å². The van der Waals surface area contributed by atoms with Crippen LogP contribution in [0.1, 0.15) is 85.1 Å². The number of ketones is 3. The summed E-state index contributed by atoms with van der Waals surface area (Å²) in [6.07, 6.45) is 8.48. The summed E-state index contributed by atoms with van der Waals surface area (Å²) in [6.45, 7) is 9.60. The van der Waals surface area contributed by atoms with Gasteiger partial charge in [0.2, 0.25) is 0 Å². The summed E-state index contributed by atoms with van der Waals surface area (Å²) in [7, 11) is -3.60. The van der Waals surface area contributed by atoms with Crippen LogP contribution >= 0.6 is 0 Å². The van der Waals surface area contributed by atoms with E-state index in [4.69, 9.17) is 18.0 Å². The lowest BCUT2D eigenvalue weighted by Gasteiger charge is -2.32. The molecule has 0 aliphatic heterocycles. The number of benzene rings is 1. The van der Waals surface area contributed by atoms with Crippen molar-refractivity contribution in [1.82, 2.24) is 0 Å². The molecular weight excluding hydrogens is 519 g/mol. The van der Waals surface area contributed by atoms with Crippen LogP contribution in [0, 0.1) is 5.82 Å². The zero-order valence-corrected chi connectivity index (χ0v) is 24.9. The first-order valence-corrected chi connectivity index (χ1v) is 15.3. The molecule has 7 nitrogen and oxygen atoms in total. The smallest absolute Gasteiger partial charge is 0.487 e. The fourth-order valence-corrected chi connectivity index (χ4v) is 7.39. The average molecular weight is 561 g/mol. The summed E-state index contributed by atoms with van der Waals surface area (Å²) in [5.74, 6) is 0.564. The predicted octanol–water partition coefficient (Wildman–Crippen LogP) is 6.73. The van der Waals surface area contributed by atoms with Gasteiger partial charge in [0, 0.05) is 24.8 Å². The Morgan fingerprint density at radius 3 is 1.62 bits per heavy atom. The molecule has 0 heterocycles. The highest BCUT2D eigenvalue weighted by Crippen LogP contribution is 2.34. The minimum atomic E-state index is -3.60. The molecule has 0 bridgehead atoms. The number of hydrogen-bond acceptors (Lipinski definition) is 7. The van der Waals surface area contributed by atoms with Gasteiger partial charge in [-0.15, -0.1) is 0 Å². The van der Waals surface area contributed by atoms with Gasteiger partial charge in [-0.2, -0.15) is 0 Å². The van der Waals surface area contributed by atoms with E-state index >= 15 is 0 Å². The van der Waals surface area contributed by atoms with E-state index < -0.39 is 8.80 Å². The number of carbonyl (C=O) groups is 3. The van der Waals surface area contributed by atoms with Crippen molar-refractivity contribution in [3.63, 3.8) is 0 Å². The molecule has 0 radical (unpaired) electrons. The number of carbonyl (C=O) groups excluding carboxylic acids is 3. The molecule has 1 saturated carbocycles. The van der Waals surface area contributed by atoms with Crippen molar-refractivity contribution in [2.24, 2.45) is 0 Å².